The minimum atomic E-state index is -0.225. The molecule has 1 fully saturated rings. The van der Waals surface area contributed by atoms with Crippen LogP contribution in [-0.4, -0.2) is 23.9 Å². The predicted octanol–water partition coefficient (Wildman–Crippen LogP) is 1.18. The van der Waals surface area contributed by atoms with E-state index in [2.05, 4.69) is 13.8 Å². The van der Waals surface area contributed by atoms with Gasteiger partial charge in [0.15, 0.2) is 0 Å². The number of hydrogen-bond acceptors (Lipinski definition) is 2. The van der Waals surface area contributed by atoms with E-state index in [1.54, 1.807) is 0 Å². The van der Waals surface area contributed by atoms with Crippen LogP contribution >= 0.6 is 0 Å². The molecule has 3 unspecified atom stereocenters. The average molecular weight is 144 g/mol. The van der Waals surface area contributed by atoms with Gasteiger partial charge < -0.3 is 9.84 Å². The zero-order valence-corrected chi connectivity index (χ0v) is 6.71. The Kier molecular flexibility index (Phi) is 2.69. The van der Waals surface area contributed by atoms with Crippen molar-refractivity contribution in [1.29, 1.82) is 0 Å². The van der Waals surface area contributed by atoms with Crippen molar-refractivity contribution in [2.45, 2.75) is 38.9 Å². The van der Waals surface area contributed by atoms with Gasteiger partial charge >= 0.3 is 0 Å². The highest BCUT2D eigenvalue weighted by Gasteiger charge is 2.31. The molecule has 0 bridgehead atoms. The van der Waals surface area contributed by atoms with Gasteiger partial charge in [-0.05, 0) is 6.42 Å². The van der Waals surface area contributed by atoms with Crippen molar-refractivity contribution in [2.24, 2.45) is 5.92 Å². The van der Waals surface area contributed by atoms with Crippen LogP contribution < -0.4 is 0 Å². The van der Waals surface area contributed by atoms with E-state index in [9.17, 15) is 5.11 Å². The lowest BCUT2D eigenvalue weighted by Crippen LogP contribution is -2.20. The number of aliphatic hydroxyl groups excluding tert-OH is 1. The lowest BCUT2D eigenvalue weighted by Gasteiger charge is -2.13. The smallest absolute Gasteiger partial charge is 0.0823 e. The number of rotatable bonds is 2. The molecule has 60 valence electrons. The van der Waals surface area contributed by atoms with Gasteiger partial charge in [0.1, 0.15) is 0 Å². The molecule has 0 aromatic heterocycles. The maximum Gasteiger partial charge on any atom is 0.0823 e. The molecule has 1 aliphatic rings. The zero-order chi connectivity index (χ0) is 7.56. The van der Waals surface area contributed by atoms with Crippen molar-refractivity contribution in [1.82, 2.24) is 0 Å². The first kappa shape index (κ1) is 8.02. The molecule has 3 atom stereocenters. The van der Waals surface area contributed by atoms with Crippen LogP contribution in [-0.2, 0) is 4.74 Å². The minimum Gasteiger partial charge on any atom is -0.390 e. The van der Waals surface area contributed by atoms with Gasteiger partial charge in [0.25, 0.3) is 0 Å². The van der Waals surface area contributed by atoms with E-state index >= 15 is 0 Å². The van der Waals surface area contributed by atoms with Crippen LogP contribution in [0.4, 0.5) is 0 Å². The Balaban J connectivity index is 2.33. The summed E-state index contributed by atoms with van der Waals surface area (Å²) in [4.78, 5) is 0. The Bertz CT molecular complexity index is 101. The summed E-state index contributed by atoms with van der Waals surface area (Å²) in [6.45, 7) is 4.73. The van der Waals surface area contributed by atoms with Crippen LogP contribution in [0.15, 0.2) is 0 Å². The third kappa shape index (κ3) is 1.50. The second-order valence-electron chi connectivity index (χ2n) is 3.09. The molecule has 0 aliphatic carbocycles. The highest BCUT2D eigenvalue weighted by Crippen LogP contribution is 2.23. The minimum absolute atomic E-state index is 0.225. The molecular formula is C8H16O2. The van der Waals surface area contributed by atoms with Crippen molar-refractivity contribution in [3.63, 3.8) is 0 Å². The SMILES string of the molecule is CCCC1OCC(O)C1C. The molecule has 0 aromatic rings. The summed E-state index contributed by atoms with van der Waals surface area (Å²) in [7, 11) is 0. The normalized spacial score (nSPS) is 40.5. The van der Waals surface area contributed by atoms with E-state index in [0.29, 0.717) is 18.6 Å². The lowest BCUT2D eigenvalue weighted by atomic mass is 9.98. The van der Waals surface area contributed by atoms with Crippen LogP contribution in [0.25, 0.3) is 0 Å². The third-order valence-electron chi connectivity index (χ3n) is 2.25. The molecule has 2 nitrogen and oxygen atoms in total. The largest absolute Gasteiger partial charge is 0.390 e. The fourth-order valence-electron chi connectivity index (χ4n) is 1.40. The molecule has 1 heterocycles. The van der Waals surface area contributed by atoms with Crippen molar-refractivity contribution >= 4 is 0 Å². The van der Waals surface area contributed by atoms with Crippen molar-refractivity contribution < 1.29 is 9.84 Å². The van der Waals surface area contributed by atoms with Crippen LogP contribution in [0.1, 0.15) is 26.7 Å². The molecule has 2 heteroatoms. The first-order chi connectivity index (χ1) is 4.75. The number of aliphatic hydroxyl groups is 1. The summed E-state index contributed by atoms with van der Waals surface area (Å²) in [5.41, 5.74) is 0. The van der Waals surface area contributed by atoms with Gasteiger partial charge in [0, 0.05) is 5.92 Å². The van der Waals surface area contributed by atoms with Gasteiger partial charge in [-0.3, -0.25) is 0 Å². The van der Waals surface area contributed by atoms with Gasteiger partial charge in [-0.1, -0.05) is 20.3 Å². The number of ether oxygens (including phenoxy) is 1. The molecular weight excluding hydrogens is 128 g/mol. The Labute approximate surface area is 62.2 Å². The quantitative estimate of drug-likeness (QED) is 0.630. The second kappa shape index (κ2) is 3.35. The highest BCUT2D eigenvalue weighted by molar-refractivity contribution is 4.79. The second-order valence-corrected chi connectivity index (χ2v) is 3.09. The zero-order valence-electron chi connectivity index (χ0n) is 6.71. The fourth-order valence-corrected chi connectivity index (χ4v) is 1.40. The van der Waals surface area contributed by atoms with Crippen molar-refractivity contribution in [2.75, 3.05) is 6.61 Å². The molecule has 1 saturated heterocycles. The highest BCUT2D eigenvalue weighted by atomic mass is 16.5. The standard InChI is InChI=1S/C8H16O2/c1-3-4-8-6(2)7(9)5-10-8/h6-9H,3-5H2,1-2H3. The molecule has 0 radical (unpaired) electrons. The van der Waals surface area contributed by atoms with Crippen LogP contribution in [0, 0.1) is 5.92 Å². The molecule has 0 aromatic carbocycles. The van der Waals surface area contributed by atoms with E-state index in [-0.39, 0.29) is 6.10 Å². The maximum absolute atomic E-state index is 9.27. The Hall–Kier alpha value is -0.0800. The Morgan fingerprint density at radius 3 is 2.70 bits per heavy atom. The van der Waals surface area contributed by atoms with E-state index in [1.807, 2.05) is 0 Å². The van der Waals surface area contributed by atoms with Gasteiger partial charge in [0.05, 0.1) is 18.8 Å². The first-order valence-corrected chi connectivity index (χ1v) is 4.05. The summed E-state index contributed by atoms with van der Waals surface area (Å²) in [6, 6.07) is 0. The molecule has 10 heavy (non-hydrogen) atoms. The van der Waals surface area contributed by atoms with E-state index in [4.69, 9.17) is 4.74 Å². The lowest BCUT2D eigenvalue weighted by molar-refractivity contribution is 0.0807. The Morgan fingerprint density at radius 1 is 1.60 bits per heavy atom. The summed E-state index contributed by atoms with van der Waals surface area (Å²) in [6.07, 6.45) is 2.30. The first-order valence-electron chi connectivity index (χ1n) is 4.05. The average Bonchev–Trinajstić information content (AvgIpc) is 2.20. The monoisotopic (exact) mass is 144 g/mol. The van der Waals surface area contributed by atoms with E-state index in [0.717, 1.165) is 12.8 Å². The third-order valence-corrected chi connectivity index (χ3v) is 2.25. The predicted molar refractivity (Wildman–Crippen MR) is 39.8 cm³/mol. The van der Waals surface area contributed by atoms with Gasteiger partial charge in [-0.15, -0.1) is 0 Å². The van der Waals surface area contributed by atoms with Crippen LogP contribution in [0.5, 0.6) is 0 Å². The molecule has 0 saturated carbocycles. The van der Waals surface area contributed by atoms with Gasteiger partial charge in [0.2, 0.25) is 0 Å². The fraction of sp³-hybridized carbons (Fsp3) is 1.00. The summed E-state index contributed by atoms with van der Waals surface area (Å²) in [5.74, 6) is 0.333. The van der Waals surface area contributed by atoms with E-state index in [1.165, 1.54) is 0 Å². The molecule has 1 aliphatic heterocycles. The summed E-state index contributed by atoms with van der Waals surface area (Å²) < 4.78 is 5.37. The Morgan fingerprint density at radius 2 is 2.30 bits per heavy atom. The van der Waals surface area contributed by atoms with Crippen molar-refractivity contribution in [3.8, 4) is 0 Å². The van der Waals surface area contributed by atoms with Gasteiger partial charge in [-0.25, -0.2) is 0 Å². The number of hydrogen-bond donors (Lipinski definition) is 1. The van der Waals surface area contributed by atoms with Crippen molar-refractivity contribution in [3.05, 3.63) is 0 Å². The maximum atomic E-state index is 9.27. The molecule has 0 spiro atoms. The summed E-state index contributed by atoms with van der Waals surface area (Å²) in [5, 5.41) is 9.27. The molecule has 1 rings (SSSR count). The van der Waals surface area contributed by atoms with Crippen LogP contribution in [0.2, 0.25) is 0 Å². The van der Waals surface area contributed by atoms with Crippen LogP contribution in [0.3, 0.4) is 0 Å². The summed E-state index contributed by atoms with van der Waals surface area (Å²) >= 11 is 0. The molecule has 1 N–H and O–H groups in total. The molecule has 0 amide bonds. The van der Waals surface area contributed by atoms with E-state index < -0.39 is 0 Å². The topological polar surface area (TPSA) is 29.5 Å². The van der Waals surface area contributed by atoms with Gasteiger partial charge in [-0.2, -0.15) is 0 Å².